The van der Waals surface area contributed by atoms with Crippen molar-refractivity contribution in [1.82, 2.24) is 20.2 Å². The maximum Gasteiger partial charge on any atom is 0.272 e. The van der Waals surface area contributed by atoms with Crippen LogP contribution in [0.2, 0.25) is 0 Å². The highest BCUT2D eigenvalue weighted by Crippen LogP contribution is 2.26. The minimum absolute atomic E-state index is 0.103. The van der Waals surface area contributed by atoms with Crippen molar-refractivity contribution in [2.75, 3.05) is 0 Å². The molecule has 0 atom stereocenters. The van der Waals surface area contributed by atoms with Crippen LogP contribution in [-0.2, 0) is 7.05 Å². The molecule has 1 N–H and O–H groups in total. The van der Waals surface area contributed by atoms with Crippen molar-refractivity contribution >= 4 is 23.0 Å². The van der Waals surface area contributed by atoms with Gasteiger partial charge >= 0.3 is 0 Å². The number of fused-ring (bicyclic) bond motifs is 1. The smallest absolute Gasteiger partial charge is 0.272 e. The van der Waals surface area contributed by atoms with Crippen LogP contribution in [0.5, 0.6) is 5.75 Å². The molecule has 0 fully saturated rings. The molecule has 2 heterocycles. The Labute approximate surface area is 186 Å². The molecule has 0 aliphatic rings. The second-order valence-corrected chi connectivity index (χ2v) is 7.77. The van der Waals surface area contributed by atoms with Crippen LogP contribution in [0.4, 0.5) is 0 Å². The van der Waals surface area contributed by atoms with E-state index in [1.54, 1.807) is 23.2 Å². The third kappa shape index (κ3) is 4.51. The van der Waals surface area contributed by atoms with E-state index >= 15 is 0 Å². The number of para-hydroxylation sites is 1. The number of hydrogen-bond donors (Lipinski definition) is 1. The molecule has 162 valence electrons. The number of carbonyl (C=O) groups excluding carboxylic acids is 1. The summed E-state index contributed by atoms with van der Waals surface area (Å²) in [6.07, 6.45) is 3.40. The van der Waals surface area contributed by atoms with Gasteiger partial charge in [-0.3, -0.25) is 9.48 Å². The van der Waals surface area contributed by atoms with Crippen LogP contribution < -0.4 is 10.2 Å². The van der Waals surface area contributed by atoms with Crippen LogP contribution >= 0.6 is 0 Å². The number of carbonyl (C=O) groups is 1. The number of aromatic nitrogens is 3. The monoisotopic (exact) mass is 427 g/mol. The van der Waals surface area contributed by atoms with E-state index in [-0.39, 0.29) is 12.0 Å². The van der Waals surface area contributed by atoms with Crippen LogP contribution in [0, 0.1) is 6.92 Å². The van der Waals surface area contributed by atoms with Crippen molar-refractivity contribution in [2.24, 2.45) is 12.1 Å². The third-order valence-corrected chi connectivity index (χ3v) is 5.13. The average molecular weight is 428 g/mol. The molecule has 7 heteroatoms. The Morgan fingerprint density at radius 3 is 2.59 bits per heavy atom. The van der Waals surface area contributed by atoms with Gasteiger partial charge in [0.2, 0.25) is 0 Å². The van der Waals surface area contributed by atoms with E-state index in [1.807, 2.05) is 76.3 Å². The quantitative estimate of drug-likeness (QED) is 0.363. The Bertz CT molecular complexity index is 1290. The molecule has 7 nitrogen and oxygen atoms in total. The van der Waals surface area contributed by atoms with Gasteiger partial charge in [0.15, 0.2) is 0 Å². The van der Waals surface area contributed by atoms with Gasteiger partial charge in [0.1, 0.15) is 5.75 Å². The molecule has 0 radical (unpaired) electrons. The minimum Gasteiger partial charge on any atom is -0.491 e. The van der Waals surface area contributed by atoms with E-state index in [1.165, 1.54) is 0 Å². The third-order valence-electron chi connectivity index (χ3n) is 5.13. The summed E-state index contributed by atoms with van der Waals surface area (Å²) in [6.45, 7) is 5.92. The van der Waals surface area contributed by atoms with E-state index in [4.69, 9.17) is 9.72 Å². The number of ether oxygens (including phenoxy) is 1. The number of amides is 1. The van der Waals surface area contributed by atoms with Gasteiger partial charge in [-0.25, -0.2) is 10.4 Å². The maximum atomic E-state index is 13.0. The molecule has 0 saturated heterocycles. The van der Waals surface area contributed by atoms with Gasteiger partial charge in [0.05, 0.1) is 35.3 Å². The van der Waals surface area contributed by atoms with Crippen molar-refractivity contribution in [3.63, 3.8) is 0 Å². The SMILES string of the molecule is Cc1c(/C=N/NC(=O)c2cc(-c3ccc(OC(C)C)cc3)nc3ccccc23)cnn1C. The average Bonchev–Trinajstić information content (AvgIpc) is 3.10. The van der Waals surface area contributed by atoms with Gasteiger partial charge in [-0.1, -0.05) is 18.2 Å². The highest BCUT2D eigenvalue weighted by molar-refractivity contribution is 6.07. The molecular weight excluding hydrogens is 402 g/mol. The van der Waals surface area contributed by atoms with Gasteiger partial charge in [0.25, 0.3) is 5.91 Å². The summed E-state index contributed by atoms with van der Waals surface area (Å²) in [7, 11) is 1.86. The molecular formula is C25H25N5O2. The number of benzene rings is 2. The lowest BCUT2D eigenvalue weighted by Gasteiger charge is -2.11. The van der Waals surface area contributed by atoms with Crippen LogP contribution in [0.15, 0.2) is 65.9 Å². The molecule has 0 unspecified atom stereocenters. The molecule has 4 rings (SSSR count). The number of aryl methyl sites for hydroxylation is 1. The number of pyridine rings is 1. The van der Waals surface area contributed by atoms with Crippen molar-refractivity contribution < 1.29 is 9.53 Å². The summed E-state index contributed by atoms with van der Waals surface area (Å²) >= 11 is 0. The number of hydrogen-bond acceptors (Lipinski definition) is 5. The van der Waals surface area contributed by atoms with Gasteiger partial charge in [-0.15, -0.1) is 0 Å². The predicted molar refractivity (Wildman–Crippen MR) is 126 cm³/mol. The number of hydrazone groups is 1. The predicted octanol–water partition coefficient (Wildman–Crippen LogP) is 4.49. The molecule has 2 aromatic carbocycles. The molecule has 0 spiro atoms. The Balaban J connectivity index is 1.64. The molecule has 0 saturated carbocycles. The topological polar surface area (TPSA) is 81.4 Å². The minimum atomic E-state index is -0.303. The fraction of sp³-hybridized carbons (Fsp3) is 0.200. The Morgan fingerprint density at radius 2 is 1.91 bits per heavy atom. The van der Waals surface area contributed by atoms with Crippen LogP contribution in [-0.4, -0.2) is 33.0 Å². The molecule has 1 amide bonds. The van der Waals surface area contributed by atoms with E-state index in [0.29, 0.717) is 11.3 Å². The largest absolute Gasteiger partial charge is 0.491 e. The highest BCUT2D eigenvalue weighted by Gasteiger charge is 2.14. The summed E-state index contributed by atoms with van der Waals surface area (Å²) in [5, 5.41) is 9.07. The van der Waals surface area contributed by atoms with Crippen molar-refractivity contribution in [2.45, 2.75) is 26.9 Å². The lowest BCUT2D eigenvalue weighted by Crippen LogP contribution is -2.18. The van der Waals surface area contributed by atoms with Gasteiger partial charge in [-0.2, -0.15) is 10.2 Å². The maximum absolute atomic E-state index is 13.0. The van der Waals surface area contributed by atoms with Crippen molar-refractivity contribution in [1.29, 1.82) is 0 Å². The number of nitrogens with zero attached hydrogens (tertiary/aromatic N) is 4. The summed E-state index contributed by atoms with van der Waals surface area (Å²) in [5.74, 6) is 0.491. The van der Waals surface area contributed by atoms with Gasteiger partial charge < -0.3 is 4.74 Å². The summed E-state index contributed by atoms with van der Waals surface area (Å²) in [5.41, 5.74) is 7.29. The van der Waals surface area contributed by atoms with E-state index in [2.05, 4.69) is 15.6 Å². The van der Waals surface area contributed by atoms with Crippen LogP contribution in [0.1, 0.15) is 35.5 Å². The van der Waals surface area contributed by atoms with E-state index in [9.17, 15) is 4.79 Å². The molecule has 0 bridgehead atoms. The Kier molecular flexibility index (Phi) is 5.98. The zero-order valence-corrected chi connectivity index (χ0v) is 18.5. The fourth-order valence-corrected chi connectivity index (χ4v) is 3.35. The first-order chi connectivity index (χ1) is 15.4. The van der Waals surface area contributed by atoms with E-state index < -0.39 is 0 Å². The zero-order chi connectivity index (χ0) is 22.7. The first-order valence-corrected chi connectivity index (χ1v) is 10.4. The first kappa shape index (κ1) is 21.2. The lowest BCUT2D eigenvalue weighted by atomic mass is 10.0. The van der Waals surface area contributed by atoms with Gasteiger partial charge in [0, 0.05) is 29.3 Å². The molecule has 2 aromatic heterocycles. The zero-order valence-electron chi connectivity index (χ0n) is 18.5. The standard InChI is InChI=1S/C25H25N5O2/c1-16(2)32-20-11-9-18(10-12-20)24-13-22(21-7-5-6-8-23(21)28-24)25(31)29-26-14-19-15-27-30(4)17(19)3/h5-16H,1-4H3,(H,29,31)/b26-14+. The van der Waals surface area contributed by atoms with Crippen LogP contribution in [0.3, 0.4) is 0 Å². The van der Waals surface area contributed by atoms with E-state index in [0.717, 1.165) is 33.5 Å². The second kappa shape index (κ2) is 9.01. The number of nitrogens with one attached hydrogen (secondary N) is 1. The van der Waals surface area contributed by atoms with Crippen LogP contribution in [0.25, 0.3) is 22.2 Å². The summed E-state index contributed by atoms with van der Waals surface area (Å²) < 4.78 is 7.47. The molecule has 32 heavy (non-hydrogen) atoms. The highest BCUT2D eigenvalue weighted by atomic mass is 16.5. The van der Waals surface area contributed by atoms with Gasteiger partial charge in [-0.05, 0) is 57.2 Å². The molecule has 4 aromatic rings. The summed E-state index contributed by atoms with van der Waals surface area (Å²) in [4.78, 5) is 17.8. The summed E-state index contributed by atoms with van der Waals surface area (Å²) in [6, 6.07) is 17.1. The normalized spacial score (nSPS) is 11.4. The Morgan fingerprint density at radius 1 is 1.16 bits per heavy atom. The first-order valence-electron chi connectivity index (χ1n) is 10.4. The lowest BCUT2D eigenvalue weighted by molar-refractivity contribution is 0.0956. The van der Waals surface area contributed by atoms with Crippen molar-refractivity contribution in [3.8, 4) is 17.0 Å². The second-order valence-electron chi connectivity index (χ2n) is 7.77. The Hall–Kier alpha value is -4.00. The van der Waals surface area contributed by atoms with Crippen molar-refractivity contribution in [3.05, 3.63) is 77.6 Å². The molecule has 0 aliphatic heterocycles. The fourth-order valence-electron chi connectivity index (χ4n) is 3.35. The number of rotatable bonds is 6. The molecule has 0 aliphatic carbocycles.